The number of carbonyl (C=O) groups is 2. The number of benzene rings is 4. The van der Waals surface area contributed by atoms with Gasteiger partial charge in [-0.05, 0) is 65.4 Å². The maximum absolute atomic E-state index is 13.1. The monoisotopic (exact) mass is 473 g/mol. The minimum Gasteiger partial charge on any atom is -0.397 e. The Balaban J connectivity index is 1.39. The molecule has 1 aliphatic rings. The number of hydrogen-bond acceptors (Lipinski definition) is 3. The largest absolute Gasteiger partial charge is 0.397 e. The SMILES string of the molecule is Nc1ccccc1NC(=O)c1ccc(/C=C(/C(=O)NC2CC2)c2ccc(-c3ccccc3)cc2)cc1. The van der Waals surface area contributed by atoms with E-state index >= 15 is 0 Å². The minimum absolute atomic E-state index is 0.0914. The summed E-state index contributed by atoms with van der Waals surface area (Å²) in [6.07, 6.45) is 3.90. The van der Waals surface area contributed by atoms with E-state index in [-0.39, 0.29) is 17.9 Å². The molecule has 5 heteroatoms. The van der Waals surface area contributed by atoms with Crippen LogP contribution in [0.15, 0.2) is 103 Å². The minimum atomic E-state index is -0.244. The highest BCUT2D eigenvalue weighted by Gasteiger charge is 2.25. The van der Waals surface area contributed by atoms with Gasteiger partial charge in [0.1, 0.15) is 0 Å². The normalized spacial score (nSPS) is 13.2. The highest BCUT2D eigenvalue weighted by atomic mass is 16.2. The Morgan fingerprint density at radius 2 is 1.33 bits per heavy atom. The summed E-state index contributed by atoms with van der Waals surface area (Å²) in [6, 6.07) is 32.7. The standard InChI is InChI=1S/C31H27N3O2/c32-28-8-4-5-9-29(28)34-30(35)25-12-10-21(11-13-25)20-27(31(36)33-26-18-19-26)24-16-14-23(15-17-24)22-6-2-1-3-7-22/h1-17,20,26H,18-19,32H2,(H,33,36)(H,34,35)/b27-20+. The van der Waals surface area contributed by atoms with Gasteiger partial charge in [-0.15, -0.1) is 0 Å². The van der Waals surface area contributed by atoms with Crippen molar-refractivity contribution in [2.45, 2.75) is 18.9 Å². The Morgan fingerprint density at radius 3 is 2.00 bits per heavy atom. The number of nitrogens with one attached hydrogen (secondary N) is 2. The van der Waals surface area contributed by atoms with E-state index in [9.17, 15) is 9.59 Å². The van der Waals surface area contributed by atoms with Crippen molar-refractivity contribution >= 4 is 34.8 Å². The Morgan fingerprint density at radius 1 is 0.722 bits per heavy atom. The summed E-state index contributed by atoms with van der Waals surface area (Å²) in [6.45, 7) is 0. The van der Waals surface area contributed by atoms with Crippen LogP contribution >= 0.6 is 0 Å². The molecular formula is C31H27N3O2. The van der Waals surface area contributed by atoms with Gasteiger partial charge in [-0.25, -0.2) is 0 Å². The molecule has 5 rings (SSSR count). The molecule has 5 nitrogen and oxygen atoms in total. The number of carbonyl (C=O) groups excluding carboxylic acids is 2. The van der Waals surface area contributed by atoms with Crippen LogP contribution in [0.25, 0.3) is 22.8 Å². The predicted molar refractivity (Wildman–Crippen MR) is 146 cm³/mol. The molecule has 0 spiro atoms. The third-order valence-corrected chi connectivity index (χ3v) is 6.15. The van der Waals surface area contributed by atoms with Gasteiger partial charge >= 0.3 is 0 Å². The maximum atomic E-state index is 13.1. The molecule has 0 heterocycles. The molecule has 0 bridgehead atoms. The number of anilines is 2. The van der Waals surface area contributed by atoms with E-state index in [1.54, 1.807) is 24.3 Å². The smallest absolute Gasteiger partial charge is 0.255 e. The Labute approximate surface area is 210 Å². The summed E-state index contributed by atoms with van der Waals surface area (Å²) in [5, 5.41) is 5.93. The number of amides is 2. The van der Waals surface area contributed by atoms with E-state index in [1.165, 1.54) is 0 Å². The Kier molecular flexibility index (Phi) is 6.63. The second-order valence-corrected chi connectivity index (χ2v) is 8.91. The van der Waals surface area contributed by atoms with Crippen LogP contribution in [0.5, 0.6) is 0 Å². The van der Waals surface area contributed by atoms with E-state index in [0.29, 0.717) is 22.5 Å². The van der Waals surface area contributed by atoms with Crippen molar-refractivity contribution in [2.75, 3.05) is 11.1 Å². The first-order chi connectivity index (χ1) is 17.6. The highest BCUT2D eigenvalue weighted by Crippen LogP contribution is 2.26. The lowest BCUT2D eigenvalue weighted by Crippen LogP contribution is -2.26. The molecule has 1 fully saturated rings. The van der Waals surface area contributed by atoms with Gasteiger partial charge in [0.15, 0.2) is 0 Å². The van der Waals surface area contributed by atoms with Crippen molar-refractivity contribution in [3.05, 3.63) is 120 Å². The van der Waals surface area contributed by atoms with E-state index in [2.05, 4.69) is 22.8 Å². The zero-order valence-electron chi connectivity index (χ0n) is 19.8. The third kappa shape index (κ3) is 5.53. The number of nitrogen functional groups attached to an aromatic ring is 1. The quantitative estimate of drug-likeness (QED) is 0.175. The van der Waals surface area contributed by atoms with Crippen LogP contribution in [0.4, 0.5) is 11.4 Å². The van der Waals surface area contributed by atoms with Gasteiger partial charge in [-0.2, -0.15) is 0 Å². The van der Waals surface area contributed by atoms with Crippen molar-refractivity contribution in [2.24, 2.45) is 0 Å². The van der Waals surface area contributed by atoms with Crippen molar-refractivity contribution in [3.8, 4) is 11.1 Å². The molecule has 4 aromatic rings. The number of hydrogen-bond donors (Lipinski definition) is 3. The van der Waals surface area contributed by atoms with Crippen LogP contribution in [0.1, 0.15) is 34.3 Å². The molecule has 4 N–H and O–H groups in total. The molecular weight excluding hydrogens is 446 g/mol. The van der Waals surface area contributed by atoms with Gasteiger partial charge in [0.2, 0.25) is 0 Å². The van der Waals surface area contributed by atoms with Crippen LogP contribution in [0.3, 0.4) is 0 Å². The fourth-order valence-electron chi connectivity index (χ4n) is 3.95. The summed E-state index contributed by atoms with van der Waals surface area (Å²) < 4.78 is 0. The lowest BCUT2D eigenvalue weighted by Gasteiger charge is -2.11. The fourth-order valence-corrected chi connectivity index (χ4v) is 3.95. The average molecular weight is 474 g/mol. The number of para-hydroxylation sites is 2. The van der Waals surface area contributed by atoms with Crippen molar-refractivity contribution in [3.63, 3.8) is 0 Å². The second kappa shape index (κ2) is 10.3. The van der Waals surface area contributed by atoms with Crippen molar-refractivity contribution in [1.29, 1.82) is 0 Å². The van der Waals surface area contributed by atoms with Crippen LogP contribution in [-0.4, -0.2) is 17.9 Å². The molecule has 1 aliphatic carbocycles. The molecule has 0 aliphatic heterocycles. The molecule has 0 atom stereocenters. The molecule has 0 aromatic heterocycles. The lowest BCUT2D eigenvalue weighted by atomic mass is 9.98. The fraction of sp³-hybridized carbons (Fsp3) is 0.0968. The summed E-state index contributed by atoms with van der Waals surface area (Å²) in [5.74, 6) is -0.335. The number of nitrogens with two attached hydrogens (primary N) is 1. The van der Waals surface area contributed by atoms with E-state index in [4.69, 9.17) is 5.73 Å². The summed E-state index contributed by atoms with van der Waals surface area (Å²) in [4.78, 5) is 25.8. The lowest BCUT2D eigenvalue weighted by molar-refractivity contribution is -0.115. The van der Waals surface area contributed by atoms with Gasteiger partial charge in [0.25, 0.3) is 11.8 Å². The second-order valence-electron chi connectivity index (χ2n) is 8.91. The first kappa shape index (κ1) is 23.1. The molecule has 36 heavy (non-hydrogen) atoms. The van der Waals surface area contributed by atoms with E-state index in [1.807, 2.05) is 72.8 Å². The first-order valence-corrected chi connectivity index (χ1v) is 12.0. The van der Waals surface area contributed by atoms with Gasteiger partial charge in [0, 0.05) is 17.2 Å². The van der Waals surface area contributed by atoms with Crippen LogP contribution in [0.2, 0.25) is 0 Å². The zero-order valence-corrected chi connectivity index (χ0v) is 19.8. The molecule has 0 radical (unpaired) electrons. The summed E-state index contributed by atoms with van der Waals surface area (Å²) >= 11 is 0. The Hall–Kier alpha value is -4.64. The molecule has 0 unspecified atom stereocenters. The third-order valence-electron chi connectivity index (χ3n) is 6.15. The van der Waals surface area contributed by atoms with Crippen LogP contribution < -0.4 is 16.4 Å². The van der Waals surface area contributed by atoms with Gasteiger partial charge < -0.3 is 16.4 Å². The zero-order chi connectivity index (χ0) is 24.9. The first-order valence-electron chi connectivity index (χ1n) is 12.0. The summed E-state index contributed by atoms with van der Waals surface area (Å²) in [7, 11) is 0. The van der Waals surface area contributed by atoms with E-state index < -0.39 is 0 Å². The van der Waals surface area contributed by atoms with Crippen molar-refractivity contribution in [1.82, 2.24) is 5.32 Å². The predicted octanol–water partition coefficient (Wildman–Crippen LogP) is 6.01. The van der Waals surface area contributed by atoms with E-state index in [0.717, 1.165) is 35.1 Å². The summed E-state index contributed by atoms with van der Waals surface area (Å²) in [5.41, 5.74) is 12.0. The number of rotatable bonds is 7. The highest BCUT2D eigenvalue weighted by molar-refractivity contribution is 6.24. The topological polar surface area (TPSA) is 84.2 Å². The van der Waals surface area contributed by atoms with Crippen molar-refractivity contribution < 1.29 is 9.59 Å². The molecule has 1 saturated carbocycles. The average Bonchev–Trinajstić information content (AvgIpc) is 3.73. The maximum Gasteiger partial charge on any atom is 0.255 e. The Bertz CT molecular complexity index is 1400. The van der Waals surface area contributed by atoms with Crippen LogP contribution in [0, 0.1) is 0 Å². The molecule has 178 valence electrons. The van der Waals surface area contributed by atoms with Crippen LogP contribution in [-0.2, 0) is 4.79 Å². The molecule has 2 amide bonds. The van der Waals surface area contributed by atoms with Gasteiger partial charge in [-0.1, -0.05) is 78.9 Å². The molecule has 0 saturated heterocycles. The van der Waals surface area contributed by atoms with Gasteiger partial charge in [-0.3, -0.25) is 9.59 Å². The van der Waals surface area contributed by atoms with Gasteiger partial charge in [0.05, 0.1) is 11.4 Å². The molecule has 4 aromatic carbocycles.